The molecule has 32 heavy (non-hydrogen) atoms. The summed E-state index contributed by atoms with van der Waals surface area (Å²) in [6.45, 7) is 4.26. The molecule has 2 atom stereocenters. The molecular weight excluding hydrogens is 416 g/mol. The lowest BCUT2D eigenvalue weighted by Gasteiger charge is -2.32. The molecule has 1 aliphatic rings. The second-order valence-electron chi connectivity index (χ2n) is 8.25. The van der Waals surface area contributed by atoms with Gasteiger partial charge in [0.05, 0.1) is 28.5 Å². The Balaban J connectivity index is 1.49. The number of aromatic nitrogens is 2. The third-order valence-electron chi connectivity index (χ3n) is 6.09. The minimum atomic E-state index is -0.0750. The molecule has 1 amide bonds. The van der Waals surface area contributed by atoms with Crippen LogP contribution in [-0.2, 0) is 0 Å². The molecule has 0 aliphatic carbocycles. The molecule has 1 aliphatic heterocycles. The van der Waals surface area contributed by atoms with Gasteiger partial charge in [0.15, 0.2) is 0 Å². The molecule has 1 N–H and O–H groups in total. The Morgan fingerprint density at radius 1 is 1.03 bits per heavy atom. The van der Waals surface area contributed by atoms with Gasteiger partial charge in [-0.1, -0.05) is 30.3 Å². The number of pyridine rings is 2. The summed E-state index contributed by atoms with van der Waals surface area (Å²) < 4.78 is 0. The van der Waals surface area contributed by atoms with E-state index in [9.17, 15) is 4.79 Å². The molecule has 5 rings (SSSR count). The molecular formula is C26H26N4OS. The van der Waals surface area contributed by atoms with Crippen molar-refractivity contribution in [2.45, 2.75) is 31.8 Å². The molecule has 162 valence electrons. The molecule has 0 saturated carbocycles. The van der Waals surface area contributed by atoms with Gasteiger partial charge in [-0.2, -0.15) is 0 Å². The van der Waals surface area contributed by atoms with E-state index in [2.05, 4.69) is 39.6 Å². The van der Waals surface area contributed by atoms with Crippen LogP contribution in [0, 0.1) is 0 Å². The number of fused-ring (bicyclic) bond motifs is 1. The predicted octanol–water partition coefficient (Wildman–Crippen LogP) is 5.31. The normalized spacial score (nSPS) is 16.2. The Morgan fingerprint density at radius 3 is 2.59 bits per heavy atom. The molecule has 0 spiro atoms. The van der Waals surface area contributed by atoms with Crippen LogP contribution in [0.3, 0.4) is 0 Å². The second-order valence-corrected chi connectivity index (χ2v) is 9.23. The zero-order chi connectivity index (χ0) is 21.9. The van der Waals surface area contributed by atoms with Gasteiger partial charge in [-0.3, -0.25) is 14.7 Å². The fourth-order valence-corrected chi connectivity index (χ4v) is 5.56. The van der Waals surface area contributed by atoms with E-state index in [4.69, 9.17) is 4.98 Å². The van der Waals surface area contributed by atoms with Crippen molar-refractivity contribution in [3.05, 3.63) is 82.7 Å². The van der Waals surface area contributed by atoms with Gasteiger partial charge >= 0.3 is 0 Å². The number of thiophene rings is 1. The van der Waals surface area contributed by atoms with Crippen molar-refractivity contribution in [1.29, 1.82) is 0 Å². The fourth-order valence-electron chi connectivity index (χ4n) is 4.59. The third-order valence-corrected chi connectivity index (χ3v) is 7.03. The van der Waals surface area contributed by atoms with Gasteiger partial charge in [0.1, 0.15) is 0 Å². The number of likely N-dealkylation sites (tertiary alicyclic amines) is 1. The van der Waals surface area contributed by atoms with Crippen molar-refractivity contribution in [2.75, 3.05) is 13.1 Å². The lowest BCUT2D eigenvalue weighted by Crippen LogP contribution is -2.43. The first-order valence-corrected chi connectivity index (χ1v) is 12.0. The first-order chi connectivity index (χ1) is 15.7. The van der Waals surface area contributed by atoms with Gasteiger partial charge in [-0.05, 0) is 68.6 Å². The van der Waals surface area contributed by atoms with Crippen LogP contribution in [0.15, 0.2) is 72.2 Å². The molecule has 3 aromatic heterocycles. The number of benzene rings is 1. The average Bonchev–Trinajstić information content (AvgIpc) is 3.54. The third kappa shape index (κ3) is 4.16. The van der Waals surface area contributed by atoms with Gasteiger partial charge in [0.25, 0.3) is 5.91 Å². The quantitative estimate of drug-likeness (QED) is 0.439. The van der Waals surface area contributed by atoms with Gasteiger partial charge in [0.2, 0.25) is 0 Å². The number of nitrogens with zero attached hydrogens (tertiary/aromatic N) is 3. The summed E-state index contributed by atoms with van der Waals surface area (Å²) >= 11 is 1.76. The molecule has 4 aromatic rings. The van der Waals surface area contributed by atoms with Crippen LogP contribution in [0.2, 0.25) is 0 Å². The van der Waals surface area contributed by atoms with E-state index < -0.39 is 0 Å². The van der Waals surface area contributed by atoms with E-state index in [1.807, 2.05) is 48.5 Å². The first-order valence-electron chi connectivity index (χ1n) is 11.1. The number of para-hydroxylation sites is 1. The van der Waals surface area contributed by atoms with Crippen molar-refractivity contribution in [1.82, 2.24) is 20.2 Å². The molecule has 1 aromatic carbocycles. The fraction of sp³-hybridized carbons (Fsp3) is 0.269. The molecule has 1 fully saturated rings. The number of amides is 1. The van der Waals surface area contributed by atoms with E-state index >= 15 is 0 Å². The second kappa shape index (κ2) is 9.18. The van der Waals surface area contributed by atoms with Crippen LogP contribution >= 0.6 is 11.3 Å². The highest BCUT2D eigenvalue weighted by Crippen LogP contribution is 2.32. The van der Waals surface area contributed by atoms with E-state index in [1.54, 1.807) is 17.5 Å². The highest BCUT2D eigenvalue weighted by molar-refractivity contribution is 7.10. The van der Waals surface area contributed by atoms with Gasteiger partial charge < -0.3 is 5.32 Å². The van der Waals surface area contributed by atoms with Crippen molar-refractivity contribution in [3.63, 3.8) is 0 Å². The summed E-state index contributed by atoms with van der Waals surface area (Å²) in [5, 5.41) is 6.28. The van der Waals surface area contributed by atoms with E-state index in [0.717, 1.165) is 29.7 Å². The molecule has 4 heterocycles. The van der Waals surface area contributed by atoms with Crippen molar-refractivity contribution < 1.29 is 4.79 Å². The SMILES string of the molecule is C[C@@H](NC(=O)c1cc(-c2ccccn2)nc2ccccc12)[C@H](c1cccs1)N1CCCC1. The minimum absolute atomic E-state index is 0.0236. The zero-order valence-corrected chi connectivity index (χ0v) is 18.9. The average molecular weight is 443 g/mol. The van der Waals surface area contributed by atoms with Crippen molar-refractivity contribution in [2.24, 2.45) is 0 Å². The highest BCUT2D eigenvalue weighted by atomic mass is 32.1. The van der Waals surface area contributed by atoms with E-state index in [0.29, 0.717) is 11.3 Å². The summed E-state index contributed by atoms with van der Waals surface area (Å²) in [6.07, 6.45) is 4.17. The van der Waals surface area contributed by atoms with Gasteiger partial charge in [0, 0.05) is 22.5 Å². The Bertz CT molecular complexity index is 1200. The summed E-state index contributed by atoms with van der Waals surface area (Å²) in [5.74, 6) is -0.0750. The van der Waals surface area contributed by atoms with Crippen LogP contribution in [0.4, 0.5) is 0 Å². The monoisotopic (exact) mass is 442 g/mol. The Kier molecular flexibility index (Phi) is 5.97. The molecule has 6 heteroatoms. The smallest absolute Gasteiger partial charge is 0.252 e. The van der Waals surface area contributed by atoms with Crippen LogP contribution in [-0.4, -0.2) is 39.9 Å². The van der Waals surface area contributed by atoms with Crippen LogP contribution < -0.4 is 5.32 Å². The maximum absolute atomic E-state index is 13.6. The van der Waals surface area contributed by atoms with Crippen LogP contribution in [0.1, 0.15) is 41.0 Å². The lowest BCUT2D eigenvalue weighted by atomic mass is 10.0. The van der Waals surface area contributed by atoms with Crippen LogP contribution in [0.5, 0.6) is 0 Å². The largest absolute Gasteiger partial charge is 0.348 e. The number of rotatable bonds is 6. The highest BCUT2D eigenvalue weighted by Gasteiger charge is 2.30. The zero-order valence-electron chi connectivity index (χ0n) is 18.1. The summed E-state index contributed by atoms with van der Waals surface area (Å²) in [7, 11) is 0. The van der Waals surface area contributed by atoms with Crippen molar-refractivity contribution >= 4 is 28.1 Å². The Hall–Kier alpha value is -3.09. The van der Waals surface area contributed by atoms with Crippen LogP contribution in [0.25, 0.3) is 22.3 Å². The van der Waals surface area contributed by atoms with E-state index in [1.165, 1.54) is 17.7 Å². The number of nitrogens with one attached hydrogen (secondary N) is 1. The number of hydrogen-bond acceptors (Lipinski definition) is 5. The molecule has 1 saturated heterocycles. The number of carbonyl (C=O) groups is 1. The van der Waals surface area contributed by atoms with Gasteiger partial charge in [-0.25, -0.2) is 4.98 Å². The first kappa shape index (κ1) is 20.8. The molecule has 0 radical (unpaired) electrons. The Labute approximate surface area is 192 Å². The minimum Gasteiger partial charge on any atom is -0.348 e. The molecule has 5 nitrogen and oxygen atoms in total. The maximum Gasteiger partial charge on any atom is 0.252 e. The van der Waals surface area contributed by atoms with Gasteiger partial charge in [-0.15, -0.1) is 11.3 Å². The molecule has 0 unspecified atom stereocenters. The lowest BCUT2D eigenvalue weighted by molar-refractivity contribution is 0.0909. The van der Waals surface area contributed by atoms with Crippen molar-refractivity contribution in [3.8, 4) is 11.4 Å². The number of hydrogen-bond donors (Lipinski definition) is 1. The topological polar surface area (TPSA) is 58.1 Å². The maximum atomic E-state index is 13.6. The standard InChI is InChI=1S/C26H26N4OS/c1-18(25(24-12-8-16-32-24)30-14-6-7-15-30)28-26(31)20-17-23(22-11-4-5-13-27-22)29-21-10-3-2-9-19(20)21/h2-5,8-13,16-18,25H,6-7,14-15H2,1H3,(H,28,31)/t18-,25-/m1/s1. The summed E-state index contributed by atoms with van der Waals surface area (Å²) in [4.78, 5) is 26.6. The molecule has 0 bridgehead atoms. The summed E-state index contributed by atoms with van der Waals surface area (Å²) in [5.41, 5.74) is 2.89. The Morgan fingerprint density at radius 2 is 1.84 bits per heavy atom. The predicted molar refractivity (Wildman–Crippen MR) is 130 cm³/mol. The van der Waals surface area contributed by atoms with E-state index in [-0.39, 0.29) is 18.0 Å². The summed E-state index contributed by atoms with van der Waals surface area (Å²) in [6, 6.07) is 19.8. The number of carbonyl (C=O) groups excluding carboxylic acids is 1.